The van der Waals surface area contributed by atoms with E-state index in [1.165, 1.54) is 0 Å². The van der Waals surface area contributed by atoms with Gasteiger partial charge in [-0.25, -0.2) is 0 Å². The summed E-state index contributed by atoms with van der Waals surface area (Å²) >= 11 is 0. The molecule has 0 aromatic carbocycles. The van der Waals surface area contributed by atoms with E-state index in [4.69, 9.17) is 0 Å². The Morgan fingerprint density at radius 1 is 1.00 bits per heavy atom. The predicted molar refractivity (Wildman–Crippen MR) is 32.0 cm³/mol. The van der Waals surface area contributed by atoms with E-state index >= 15 is 0 Å². The third-order valence-corrected chi connectivity index (χ3v) is 0. The Hall–Kier alpha value is 2.27. The van der Waals surface area contributed by atoms with Crippen molar-refractivity contribution in [1.29, 1.82) is 0 Å². The first-order valence-electron chi connectivity index (χ1n) is 0. The number of hydrogen-bond donors (Lipinski definition) is 0. The van der Waals surface area contributed by atoms with Crippen LogP contribution in [0.15, 0.2) is 0 Å². The summed E-state index contributed by atoms with van der Waals surface area (Å²) in [5.41, 5.74) is 0. The summed E-state index contributed by atoms with van der Waals surface area (Å²) in [5, 5.41) is 0. The van der Waals surface area contributed by atoms with Gasteiger partial charge in [-0.15, -0.1) is 0 Å². The molecule has 0 aliphatic carbocycles. The van der Waals surface area contributed by atoms with E-state index in [2.05, 4.69) is 0 Å². The van der Waals surface area contributed by atoms with Gasteiger partial charge in [0.25, 0.3) is 0 Å². The van der Waals surface area contributed by atoms with Crippen LogP contribution in [0.25, 0.3) is 0 Å². The zero-order chi connectivity index (χ0) is 0. The molecule has 0 aliphatic rings. The molecule has 0 heterocycles. The Bertz CT molecular complexity index is 8.00. The van der Waals surface area contributed by atoms with Crippen LogP contribution in [0, 0.1) is 0 Å². The molecule has 0 saturated carbocycles. The van der Waals surface area contributed by atoms with Crippen LogP contribution >= 0.6 is 0 Å². The molecular formula is H10GaInOSn. The molecule has 0 unspecified atom stereocenters. The molecule has 0 amide bonds. The van der Waals surface area contributed by atoms with E-state index in [1.807, 2.05) is 0 Å². The van der Waals surface area contributed by atoms with Gasteiger partial charge in [-0.05, 0) is 0 Å². The average Bonchev–Trinajstić information content (AvgIpc) is 0. The summed E-state index contributed by atoms with van der Waals surface area (Å²) in [6.45, 7) is 0. The second-order valence-corrected chi connectivity index (χ2v) is 0. The predicted octanol–water partition coefficient (Wildman–Crippen LogP) is -4.11. The van der Waals surface area contributed by atoms with Crippen LogP contribution in [-0.2, 0) is 0 Å². The van der Waals surface area contributed by atoms with Crippen LogP contribution in [0.1, 0.15) is 0 Å². The van der Waals surface area contributed by atoms with Crippen LogP contribution in [-0.4, -0.2) is 75.0 Å². The molecular weight excluding hydrogens is 319 g/mol. The van der Waals surface area contributed by atoms with Gasteiger partial charge in [0.2, 0.25) is 0 Å². The molecule has 0 aliphatic heterocycles. The Kier molecular flexibility index (Phi) is 158. The summed E-state index contributed by atoms with van der Waals surface area (Å²) < 4.78 is 0. The number of rotatable bonds is 0. The second kappa shape index (κ2) is 18.7. The normalized spacial score (nSPS) is 0. The third kappa shape index (κ3) is 8.86. The van der Waals surface area contributed by atoms with Crippen LogP contribution < -0.4 is 0 Å². The molecule has 0 aromatic heterocycles. The fourth-order valence-electron chi connectivity index (χ4n) is 0. The minimum absolute atomic E-state index is 0. The molecule has 0 atom stereocenters. The van der Waals surface area contributed by atoms with Crippen molar-refractivity contribution < 1.29 is 5.48 Å². The fraction of sp³-hybridized carbons (Fsp3) is 0. The fourth-order valence-corrected chi connectivity index (χ4v) is 0. The summed E-state index contributed by atoms with van der Waals surface area (Å²) in [6, 6.07) is 0. The molecule has 0 aromatic rings. The SMILES string of the molecule is O.[GaH3].[InH3].[SnH2]. The maximum absolute atomic E-state index is 0. The Balaban J connectivity index is 0. The van der Waals surface area contributed by atoms with Gasteiger partial charge in [0.15, 0.2) is 0 Å². The van der Waals surface area contributed by atoms with Crippen molar-refractivity contribution in [1.82, 2.24) is 0 Å². The molecule has 0 bridgehead atoms. The van der Waals surface area contributed by atoms with Gasteiger partial charge >= 0.3 is 69.5 Å². The molecule has 0 fully saturated rings. The molecule has 2 N–H and O–H groups in total. The Morgan fingerprint density at radius 2 is 1.00 bits per heavy atom. The Morgan fingerprint density at radius 3 is 1.00 bits per heavy atom. The molecule has 26 valence electrons. The topological polar surface area (TPSA) is 31.5 Å². The molecule has 0 saturated heterocycles. The minimum atomic E-state index is 0. The zero-order valence-electron chi connectivity index (χ0n) is 1.21. The zero-order valence-corrected chi connectivity index (χ0v) is 5.24. The van der Waals surface area contributed by atoms with Gasteiger partial charge in [0, 0.05) is 0 Å². The van der Waals surface area contributed by atoms with E-state index in [1.54, 1.807) is 0 Å². The monoisotopic (exact) mass is 330 g/mol. The first-order chi connectivity index (χ1) is 0. The first kappa shape index (κ1) is 33.8. The van der Waals surface area contributed by atoms with Crippen molar-refractivity contribution in [3.63, 3.8) is 0 Å². The van der Waals surface area contributed by atoms with Crippen LogP contribution in [0.4, 0.5) is 0 Å². The molecule has 0 spiro atoms. The summed E-state index contributed by atoms with van der Waals surface area (Å²) in [4.78, 5) is 0. The molecule has 4 heavy (non-hydrogen) atoms. The van der Waals surface area contributed by atoms with E-state index in [-0.39, 0.29) is 75.0 Å². The van der Waals surface area contributed by atoms with Gasteiger partial charge < -0.3 is 5.48 Å². The first-order valence-corrected chi connectivity index (χ1v) is 0. The molecule has 4 heteroatoms. The second-order valence-electron chi connectivity index (χ2n) is 0. The van der Waals surface area contributed by atoms with E-state index in [9.17, 15) is 0 Å². The van der Waals surface area contributed by atoms with Crippen LogP contribution in [0.2, 0.25) is 0 Å². The van der Waals surface area contributed by atoms with Crippen LogP contribution in [0.3, 0.4) is 0 Å². The van der Waals surface area contributed by atoms with Crippen molar-refractivity contribution >= 4 is 69.5 Å². The van der Waals surface area contributed by atoms with Crippen molar-refractivity contribution in [3.8, 4) is 0 Å². The average molecular weight is 329 g/mol. The van der Waals surface area contributed by atoms with Gasteiger partial charge in [0.1, 0.15) is 0 Å². The van der Waals surface area contributed by atoms with Gasteiger partial charge in [-0.2, -0.15) is 0 Å². The molecule has 2 radical (unpaired) electrons. The summed E-state index contributed by atoms with van der Waals surface area (Å²) in [5.74, 6) is 0. The van der Waals surface area contributed by atoms with E-state index < -0.39 is 0 Å². The Labute approximate surface area is 74.0 Å². The number of hydrogen-bond acceptors (Lipinski definition) is 0. The van der Waals surface area contributed by atoms with Gasteiger partial charge in [-0.1, -0.05) is 0 Å². The molecule has 0 rings (SSSR count). The van der Waals surface area contributed by atoms with Crippen LogP contribution in [0.5, 0.6) is 0 Å². The van der Waals surface area contributed by atoms with Crippen molar-refractivity contribution in [2.45, 2.75) is 0 Å². The quantitative estimate of drug-likeness (QED) is 0.405. The van der Waals surface area contributed by atoms with E-state index in [0.29, 0.717) is 0 Å². The summed E-state index contributed by atoms with van der Waals surface area (Å²) in [6.07, 6.45) is 0. The molecule has 1 nitrogen and oxygen atoms in total. The van der Waals surface area contributed by atoms with Gasteiger partial charge in [-0.3, -0.25) is 0 Å². The standard InChI is InChI=1S/Ga.In.H2O.Sn.8H/h;;1H2;;;;;;;;;. The van der Waals surface area contributed by atoms with Crippen molar-refractivity contribution in [3.05, 3.63) is 0 Å². The van der Waals surface area contributed by atoms with Gasteiger partial charge in [0.05, 0.1) is 0 Å². The maximum atomic E-state index is 0. The summed E-state index contributed by atoms with van der Waals surface area (Å²) in [7, 11) is 0. The third-order valence-electron chi connectivity index (χ3n) is 0. The van der Waals surface area contributed by atoms with Crippen molar-refractivity contribution in [2.75, 3.05) is 0 Å². The van der Waals surface area contributed by atoms with E-state index in [0.717, 1.165) is 0 Å². The van der Waals surface area contributed by atoms with Crippen molar-refractivity contribution in [2.24, 2.45) is 0 Å².